The molecule has 2 N–H and O–H groups in total. The molecule has 0 radical (unpaired) electrons. The first-order valence-corrected chi connectivity index (χ1v) is 6.38. The second kappa shape index (κ2) is 5.13. The fourth-order valence-corrected chi connectivity index (χ4v) is 3.05. The van der Waals surface area contributed by atoms with Crippen molar-refractivity contribution in [1.29, 1.82) is 0 Å². The zero-order valence-electron chi connectivity index (χ0n) is 9.65. The molecule has 1 saturated carbocycles. The van der Waals surface area contributed by atoms with Gasteiger partial charge in [0, 0.05) is 24.6 Å². The molecule has 0 aliphatic heterocycles. The average Bonchev–Trinajstić information content (AvgIpc) is 2.87. The molecule has 2 aliphatic rings. The van der Waals surface area contributed by atoms with E-state index in [1.54, 1.807) is 0 Å². The summed E-state index contributed by atoms with van der Waals surface area (Å²) in [5.74, 6) is 1.27. The van der Waals surface area contributed by atoms with Crippen LogP contribution in [0.1, 0.15) is 39.0 Å². The van der Waals surface area contributed by atoms with Gasteiger partial charge in [0.15, 0.2) is 0 Å². The molecular weight excluding hydrogens is 186 g/mol. The summed E-state index contributed by atoms with van der Waals surface area (Å²) in [4.78, 5) is 0. The van der Waals surface area contributed by atoms with Crippen LogP contribution in [0.25, 0.3) is 0 Å². The maximum Gasteiger partial charge on any atom is 0.0494 e. The van der Waals surface area contributed by atoms with Crippen molar-refractivity contribution in [2.75, 3.05) is 6.61 Å². The lowest BCUT2D eigenvalue weighted by molar-refractivity contribution is 0.242. The predicted octanol–water partition coefficient (Wildman–Crippen LogP) is 2.09. The topological polar surface area (TPSA) is 32.3 Å². The number of aliphatic hydroxyl groups excluding tert-OH is 1. The minimum Gasteiger partial charge on any atom is -0.396 e. The van der Waals surface area contributed by atoms with Crippen LogP contribution in [0.15, 0.2) is 12.2 Å². The summed E-state index contributed by atoms with van der Waals surface area (Å²) in [6, 6.07) is 1.24. The largest absolute Gasteiger partial charge is 0.396 e. The van der Waals surface area contributed by atoms with Crippen LogP contribution in [-0.2, 0) is 0 Å². The summed E-state index contributed by atoms with van der Waals surface area (Å²) in [5.41, 5.74) is 0. The van der Waals surface area contributed by atoms with E-state index in [0.717, 1.165) is 18.4 Å². The third kappa shape index (κ3) is 2.61. The van der Waals surface area contributed by atoms with Gasteiger partial charge in [0.2, 0.25) is 0 Å². The van der Waals surface area contributed by atoms with Gasteiger partial charge < -0.3 is 10.4 Å². The number of hydrogen-bond donors (Lipinski definition) is 2. The quantitative estimate of drug-likeness (QED) is 0.695. The third-order valence-corrected chi connectivity index (χ3v) is 4.02. The van der Waals surface area contributed by atoms with E-state index < -0.39 is 0 Å². The Balaban J connectivity index is 1.80. The highest BCUT2D eigenvalue weighted by atomic mass is 16.3. The van der Waals surface area contributed by atoms with Gasteiger partial charge in [-0.2, -0.15) is 0 Å². The number of aliphatic hydroxyl groups is 1. The SMILES string of the molecule is CCC1CCCC1N[C@@H]1C=C[C@H](CO)C1. The second-order valence-electron chi connectivity index (χ2n) is 5.04. The van der Waals surface area contributed by atoms with Crippen molar-refractivity contribution in [2.45, 2.75) is 51.1 Å². The van der Waals surface area contributed by atoms with Crippen LogP contribution in [0.3, 0.4) is 0 Å². The first-order chi connectivity index (χ1) is 7.33. The van der Waals surface area contributed by atoms with Gasteiger partial charge in [-0.25, -0.2) is 0 Å². The molecule has 0 spiro atoms. The zero-order valence-corrected chi connectivity index (χ0v) is 9.65. The first-order valence-electron chi connectivity index (χ1n) is 6.38. The van der Waals surface area contributed by atoms with E-state index >= 15 is 0 Å². The number of hydrogen-bond acceptors (Lipinski definition) is 2. The minimum atomic E-state index is 0.302. The van der Waals surface area contributed by atoms with Gasteiger partial charge in [-0.3, -0.25) is 0 Å². The fourth-order valence-electron chi connectivity index (χ4n) is 3.05. The van der Waals surface area contributed by atoms with E-state index in [0.29, 0.717) is 18.6 Å². The summed E-state index contributed by atoms with van der Waals surface area (Å²) in [6.07, 6.45) is 10.9. The Kier molecular flexibility index (Phi) is 3.81. The van der Waals surface area contributed by atoms with Crippen LogP contribution < -0.4 is 5.32 Å². The van der Waals surface area contributed by atoms with Crippen LogP contribution in [-0.4, -0.2) is 23.8 Å². The van der Waals surface area contributed by atoms with Gasteiger partial charge in [-0.15, -0.1) is 0 Å². The van der Waals surface area contributed by atoms with Gasteiger partial charge >= 0.3 is 0 Å². The highest BCUT2D eigenvalue weighted by Crippen LogP contribution is 2.29. The van der Waals surface area contributed by atoms with E-state index in [9.17, 15) is 0 Å². The highest BCUT2D eigenvalue weighted by molar-refractivity contribution is 5.07. The summed E-state index contributed by atoms with van der Waals surface area (Å²) in [6.45, 7) is 2.60. The lowest BCUT2D eigenvalue weighted by atomic mass is 9.99. The van der Waals surface area contributed by atoms with Crippen LogP contribution in [0.2, 0.25) is 0 Å². The second-order valence-corrected chi connectivity index (χ2v) is 5.04. The molecule has 0 amide bonds. The van der Waals surface area contributed by atoms with Crippen LogP contribution in [0, 0.1) is 11.8 Å². The van der Waals surface area contributed by atoms with E-state index in [1.807, 2.05) is 0 Å². The molecule has 2 aliphatic carbocycles. The van der Waals surface area contributed by atoms with Crippen LogP contribution in [0.5, 0.6) is 0 Å². The first kappa shape index (κ1) is 11.2. The monoisotopic (exact) mass is 209 g/mol. The smallest absolute Gasteiger partial charge is 0.0494 e. The molecule has 2 nitrogen and oxygen atoms in total. The zero-order chi connectivity index (χ0) is 10.7. The van der Waals surface area contributed by atoms with Crippen molar-refractivity contribution >= 4 is 0 Å². The lowest BCUT2D eigenvalue weighted by Crippen LogP contribution is -2.38. The molecule has 2 heteroatoms. The third-order valence-electron chi connectivity index (χ3n) is 4.02. The Morgan fingerprint density at radius 3 is 2.87 bits per heavy atom. The Morgan fingerprint density at radius 2 is 2.20 bits per heavy atom. The summed E-state index contributed by atoms with van der Waals surface area (Å²) < 4.78 is 0. The predicted molar refractivity (Wildman–Crippen MR) is 62.7 cm³/mol. The van der Waals surface area contributed by atoms with Crippen molar-refractivity contribution in [3.05, 3.63) is 12.2 Å². The average molecular weight is 209 g/mol. The Bertz CT molecular complexity index is 227. The Morgan fingerprint density at radius 1 is 1.33 bits per heavy atom. The normalized spacial score (nSPS) is 40.1. The van der Waals surface area contributed by atoms with Gasteiger partial charge in [0.05, 0.1) is 0 Å². The van der Waals surface area contributed by atoms with Gasteiger partial charge in [-0.05, 0) is 25.2 Å². The van der Waals surface area contributed by atoms with E-state index in [4.69, 9.17) is 5.11 Å². The molecule has 0 aromatic carbocycles. The molecule has 0 heterocycles. The van der Waals surface area contributed by atoms with E-state index in [1.165, 1.54) is 25.7 Å². The molecule has 0 aromatic heterocycles. The maximum atomic E-state index is 9.06. The standard InChI is InChI=1S/C13H23NO/c1-2-11-4-3-5-13(11)14-12-7-6-10(8-12)9-15/h6-7,10-15H,2-5,8-9H2,1H3/t10-,11?,12+,13?/m0/s1. The molecule has 1 fully saturated rings. The molecule has 0 saturated heterocycles. The summed E-state index contributed by atoms with van der Waals surface area (Å²) >= 11 is 0. The highest BCUT2D eigenvalue weighted by Gasteiger charge is 2.28. The Hall–Kier alpha value is -0.340. The van der Waals surface area contributed by atoms with Crippen molar-refractivity contribution in [1.82, 2.24) is 5.32 Å². The molecule has 86 valence electrons. The Labute approximate surface area is 92.8 Å². The molecule has 15 heavy (non-hydrogen) atoms. The number of rotatable bonds is 4. The lowest BCUT2D eigenvalue weighted by Gasteiger charge is -2.23. The maximum absolute atomic E-state index is 9.06. The molecule has 0 aromatic rings. The van der Waals surface area contributed by atoms with Crippen LogP contribution >= 0.6 is 0 Å². The van der Waals surface area contributed by atoms with Gasteiger partial charge in [0.25, 0.3) is 0 Å². The van der Waals surface area contributed by atoms with Gasteiger partial charge in [-0.1, -0.05) is 31.9 Å². The molecule has 2 unspecified atom stereocenters. The van der Waals surface area contributed by atoms with Crippen LogP contribution in [0.4, 0.5) is 0 Å². The van der Waals surface area contributed by atoms with Crippen molar-refractivity contribution < 1.29 is 5.11 Å². The molecule has 2 rings (SSSR count). The number of nitrogens with one attached hydrogen (secondary N) is 1. The van der Waals surface area contributed by atoms with E-state index in [-0.39, 0.29) is 0 Å². The van der Waals surface area contributed by atoms with Crippen molar-refractivity contribution in [3.8, 4) is 0 Å². The van der Waals surface area contributed by atoms with Crippen molar-refractivity contribution in [3.63, 3.8) is 0 Å². The molecular formula is C13H23NO. The van der Waals surface area contributed by atoms with Crippen molar-refractivity contribution in [2.24, 2.45) is 11.8 Å². The summed E-state index contributed by atoms with van der Waals surface area (Å²) in [5, 5.41) is 12.8. The van der Waals surface area contributed by atoms with Gasteiger partial charge in [0.1, 0.15) is 0 Å². The minimum absolute atomic E-state index is 0.302. The van der Waals surface area contributed by atoms with E-state index in [2.05, 4.69) is 24.4 Å². The summed E-state index contributed by atoms with van der Waals surface area (Å²) in [7, 11) is 0. The molecule has 4 atom stereocenters. The molecule has 0 bridgehead atoms. The fraction of sp³-hybridized carbons (Fsp3) is 0.846.